The highest BCUT2D eigenvalue weighted by molar-refractivity contribution is 7.92. The van der Waals surface area contributed by atoms with Crippen LogP contribution in [0.25, 0.3) is 0 Å². The lowest BCUT2D eigenvalue weighted by atomic mass is 9.61. The van der Waals surface area contributed by atoms with Crippen molar-refractivity contribution in [1.29, 1.82) is 10.5 Å². The van der Waals surface area contributed by atoms with Gasteiger partial charge < -0.3 is 18.9 Å². The van der Waals surface area contributed by atoms with Crippen molar-refractivity contribution in [1.82, 2.24) is 19.9 Å². The highest BCUT2D eigenvalue weighted by atomic mass is 35.5. The first-order valence-electron chi connectivity index (χ1n) is 23.0. The largest absolute Gasteiger partial charge is 0.489 e. The van der Waals surface area contributed by atoms with Gasteiger partial charge in [-0.25, -0.2) is 31.8 Å². The Bertz CT molecular complexity index is 3480. The standard InChI is InChI=1S/C51H48Cl5N9O9S2/c1-50(36-20-31(25-57)45(41(55)23-36)71-18-14-52,34-7-10-39(11-8-34)73-28-33-27-60-49(64-76(4,69)70)62-47(33)65-17-5-6-44(65)66)30-51(2,37-21-32(26-58)46(42(56)24-37)72-19-15-53)35-9-12-43(40(54)22-35)74-29-38-13-16-59-48(61-38)63-75(3,67)68/h7-13,16,20-24,27H,5-6,14-15,17-19,28-30H2,1-4H3,(H,59,61,63)(H,60,62,64). The fraction of sp³-hybridized carbons (Fsp3) is 0.314. The van der Waals surface area contributed by atoms with E-state index in [0.717, 1.165) is 18.1 Å². The number of carbonyl (C=O) groups is 1. The van der Waals surface area contributed by atoms with Gasteiger partial charge in [-0.2, -0.15) is 15.5 Å². The number of alkyl halides is 2. The van der Waals surface area contributed by atoms with E-state index in [-0.39, 0.29) is 112 Å². The molecule has 0 aliphatic carbocycles. The molecule has 2 N–H and O–H groups in total. The van der Waals surface area contributed by atoms with Crippen molar-refractivity contribution in [3.63, 3.8) is 0 Å². The molecule has 1 saturated heterocycles. The maximum atomic E-state index is 12.9. The Kier molecular flexibility index (Phi) is 18.3. The molecular formula is C51H48Cl5N9O9S2. The number of halogens is 5. The van der Waals surface area contributed by atoms with E-state index in [4.69, 9.17) is 77.0 Å². The van der Waals surface area contributed by atoms with Crippen LogP contribution in [0.15, 0.2) is 85.2 Å². The normalized spacial score (nSPS) is 14.2. The molecule has 398 valence electrons. The average molecular weight is 1170 g/mol. The number of nitrogens with zero attached hydrogens (tertiary/aromatic N) is 7. The molecule has 1 aliphatic rings. The topological polar surface area (TPSA) is 249 Å². The third-order valence-corrected chi connectivity index (χ3v) is 14.5. The number of benzene rings is 4. The van der Waals surface area contributed by atoms with Crippen LogP contribution < -0.4 is 33.3 Å². The molecule has 3 heterocycles. The van der Waals surface area contributed by atoms with Gasteiger partial charge in [0, 0.05) is 36.2 Å². The van der Waals surface area contributed by atoms with Gasteiger partial charge in [-0.15, -0.1) is 23.2 Å². The first-order valence-corrected chi connectivity index (χ1v) is 29.0. The highest BCUT2D eigenvalue weighted by Gasteiger charge is 2.42. The summed E-state index contributed by atoms with van der Waals surface area (Å²) in [5.41, 5.74) is 1.41. The highest BCUT2D eigenvalue weighted by Crippen LogP contribution is 2.51. The average Bonchev–Trinajstić information content (AvgIpc) is 3.81. The summed E-state index contributed by atoms with van der Waals surface area (Å²) in [6, 6.07) is 25.3. The van der Waals surface area contributed by atoms with E-state index in [2.05, 4.69) is 41.5 Å². The molecule has 1 aliphatic heterocycles. The molecule has 0 bridgehead atoms. The second-order valence-corrected chi connectivity index (χ2v) is 23.3. The zero-order valence-electron chi connectivity index (χ0n) is 41.2. The lowest BCUT2D eigenvalue weighted by molar-refractivity contribution is -0.117. The first-order chi connectivity index (χ1) is 36.1. The van der Waals surface area contributed by atoms with Gasteiger partial charge in [0.25, 0.3) is 0 Å². The molecule has 0 radical (unpaired) electrons. The van der Waals surface area contributed by atoms with E-state index in [0.29, 0.717) is 53.1 Å². The summed E-state index contributed by atoms with van der Waals surface area (Å²) in [4.78, 5) is 31.1. The Morgan fingerprint density at radius 2 is 1.24 bits per heavy atom. The number of sulfonamides is 2. The van der Waals surface area contributed by atoms with E-state index in [9.17, 15) is 32.2 Å². The number of hydrogen-bond donors (Lipinski definition) is 2. The molecule has 2 unspecified atom stereocenters. The van der Waals surface area contributed by atoms with Gasteiger partial charge >= 0.3 is 0 Å². The molecule has 18 nitrogen and oxygen atoms in total. The van der Waals surface area contributed by atoms with E-state index < -0.39 is 30.9 Å². The third-order valence-electron chi connectivity index (χ3n) is 12.2. The number of ether oxygens (including phenoxy) is 4. The predicted molar refractivity (Wildman–Crippen MR) is 291 cm³/mol. The number of nitrogens with one attached hydrogen (secondary N) is 2. The second-order valence-electron chi connectivity index (χ2n) is 17.9. The van der Waals surface area contributed by atoms with E-state index in [1.807, 2.05) is 32.0 Å². The molecule has 25 heteroatoms. The van der Waals surface area contributed by atoms with Crippen LogP contribution in [0.4, 0.5) is 17.7 Å². The summed E-state index contributed by atoms with van der Waals surface area (Å²) >= 11 is 33.0. The molecule has 2 aromatic heterocycles. The number of amides is 1. The van der Waals surface area contributed by atoms with Crippen LogP contribution in [0.3, 0.4) is 0 Å². The van der Waals surface area contributed by atoms with Crippen molar-refractivity contribution < 1.29 is 40.6 Å². The monoisotopic (exact) mass is 1170 g/mol. The van der Waals surface area contributed by atoms with Crippen LogP contribution in [-0.4, -0.2) is 86.7 Å². The van der Waals surface area contributed by atoms with Crippen molar-refractivity contribution in [3.8, 4) is 35.1 Å². The summed E-state index contributed by atoms with van der Waals surface area (Å²) in [6.45, 7) is 4.30. The maximum absolute atomic E-state index is 12.9. The van der Waals surface area contributed by atoms with E-state index in [1.54, 1.807) is 54.6 Å². The van der Waals surface area contributed by atoms with Gasteiger partial charge in [0.1, 0.15) is 55.9 Å². The summed E-state index contributed by atoms with van der Waals surface area (Å²) in [5.74, 6) is 1.01. The van der Waals surface area contributed by atoms with Crippen molar-refractivity contribution in [2.45, 2.75) is 57.2 Å². The van der Waals surface area contributed by atoms with Crippen LogP contribution in [-0.2, 0) is 48.9 Å². The summed E-state index contributed by atoms with van der Waals surface area (Å²) in [5, 5.41) is 21.6. The number of carbonyl (C=O) groups excluding carboxylic acids is 1. The number of nitriles is 2. The molecule has 7 rings (SSSR count). The Morgan fingerprint density at radius 1 is 0.684 bits per heavy atom. The number of hydrogen-bond acceptors (Lipinski definition) is 15. The van der Waals surface area contributed by atoms with Crippen LogP contribution in [0, 0.1) is 22.7 Å². The quantitative estimate of drug-likeness (QED) is 0.0567. The molecule has 2 atom stereocenters. The van der Waals surface area contributed by atoms with Gasteiger partial charge in [0.2, 0.25) is 37.9 Å². The van der Waals surface area contributed by atoms with Crippen LogP contribution in [0.2, 0.25) is 15.1 Å². The summed E-state index contributed by atoms with van der Waals surface area (Å²) in [6.07, 6.45) is 5.83. The minimum atomic E-state index is -3.72. The Morgan fingerprint density at radius 3 is 1.76 bits per heavy atom. The maximum Gasteiger partial charge on any atom is 0.238 e. The smallest absolute Gasteiger partial charge is 0.238 e. The van der Waals surface area contributed by atoms with Crippen molar-refractivity contribution in [3.05, 3.63) is 145 Å². The van der Waals surface area contributed by atoms with Gasteiger partial charge in [-0.1, -0.05) is 66.8 Å². The molecule has 6 aromatic rings. The Labute approximate surface area is 465 Å². The number of aromatic nitrogens is 4. The van der Waals surface area contributed by atoms with Gasteiger partial charge in [-0.3, -0.25) is 19.1 Å². The summed E-state index contributed by atoms with van der Waals surface area (Å²) in [7, 11) is -7.37. The Hall–Kier alpha value is -6.36. The predicted octanol–water partition coefficient (Wildman–Crippen LogP) is 9.94. The minimum Gasteiger partial charge on any atom is -0.489 e. The van der Waals surface area contributed by atoms with Crippen molar-refractivity contribution in [2.24, 2.45) is 0 Å². The minimum absolute atomic E-state index is 0.0841. The molecule has 76 heavy (non-hydrogen) atoms. The summed E-state index contributed by atoms with van der Waals surface area (Å²) < 4.78 is 76.4. The fourth-order valence-corrected chi connectivity index (χ4v) is 10.5. The number of anilines is 3. The molecule has 1 fully saturated rings. The van der Waals surface area contributed by atoms with Crippen molar-refractivity contribution in [2.75, 3.05) is 58.4 Å². The first kappa shape index (κ1) is 57.3. The second kappa shape index (κ2) is 24.3. The lowest BCUT2D eigenvalue weighted by Crippen LogP contribution is -2.36. The Balaban J connectivity index is 1.33. The third kappa shape index (κ3) is 13.8. The van der Waals surface area contributed by atoms with E-state index >= 15 is 0 Å². The number of rotatable bonds is 23. The van der Waals surface area contributed by atoms with Gasteiger partial charge in [-0.05, 0) is 89.7 Å². The molecule has 0 saturated carbocycles. The van der Waals surface area contributed by atoms with E-state index in [1.165, 1.54) is 17.3 Å². The van der Waals surface area contributed by atoms with Crippen LogP contribution >= 0.6 is 58.0 Å². The molecule has 4 aromatic carbocycles. The van der Waals surface area contributed by atoms with Crippen LogP contribution in [0.5, 0.6) is 23.0 Å². The lowest BCUT2D eigenvalue weighted by Gasteiger charge is -2.42. The molecular weight excluding hydrogens is 1120 g/mol. The van der Waals surface area contributed by atoms with Gasteiger partial charge in [0.15, 0.2) is 11.5 Å². The van der Waals surface area contributed by atoms with Crippen LogP contribution in [0.1, 0.15) is 77.7 Å². The zero-order chi connectivity index (χ0) is 55.0. The molecule has 1 amide bonds. The molecule has 0 spiro atoms. The SMILES string of the molecule is CC(CC(C)(c1ccc(OCc2ccnc(NS(C)(=O)=O)n2)c(Cl)c1)c1cc(Cl)c(OCCCl)c(C#N)c1)(c1ccc(OCc2cnc(NS(C)(=O)=O)nc2N2CCCC2=O)cc1)c1cc(Cl)c(OCCCl)c(C#N)c1. The fourth-order valence-electron chi connectivity index (χ4n) is 8.72. The zero-order valence-corrected chi connectivity index (χ0v) is 46.6. The van der Waals surface area contributed by atoms with Gasteiger partial charge in [0.05, 0.1) is 61.7 Å². The van der Waals surface area contributed by atoms with Crippen molar-refractivity contribution >= 4 is 102 Å².